The Labute approximate surface area is 112 Å². The number of ether oxygens (including phenoxy) is 1. The average molecular weight is 271 g/mol. The Morgan fingerprint density at radius 3 is 3.00 bits per heavy atom. The lowest BCUT2D eigenvalue weighted by Gasteiger charge is -2.27. The molecule has 0 amide bonds. The molecule has 0 aliphatic heterocycles. The van der Waals surface area contributed by atoms with Gasteiger partial charge in [0.2, 0.25) is 0 Å². The van der Waals surface area contributed by atoms with Crippen LogP contribution in [0.25, 0.3) is 0 Å². The lowest BCUT2D eigenvalue weighted by Crippen LogP contribution is -2.50. The van der Waals surface area contributed by atoms with Crippen molar-refractivity contribution < 1.29 is 9.53 Å². The van der Waals surface area contributed by atoms with E-state index in [4.69, 9.17) is 4.74 Å². The van der Waals surface area contributed by atoms with Crippen LogP contribution < -0.4 is 5.32 Å². The molecule has 0 radical (unpaired) electrons. The number of thioether (sulfide) groups is 1. The van der Waals surface area contributed by atoms with Crippen molar-refractivity contribution in [2.24, 2.45) is 0 Å². The molecule has 102 valence electrons. The third kappa shape index (κ3) is 4.34. The number of esters is 1. The Morgan fingerprint density at radius 2 is 2.44 bits per heavy atom. The highest BCUT2D eigenvalue weighted by Crippen LogP contribution is 2.19. The van der Waals surface area contributed by atoms with Gasteiger partial charge in [-0.25, -0.2) is 4.98 Å². The molecular formula is C12H21N3O2S. The summed E-state index contributed by atoms with van der Waals surface area (Å²) in [6.07, 6.45) is 5.19. The number of nitrogens with zero attached hydrogens (tertiary/aromatic N) is 1. The van der Waals surface area contributed by atoms with E-state index in [0.29, 0.717) is 6.42 Å². The Bertz CT molecular complexity index is 356. The van der Waals surface area contributed by atoms with Crippen LogP contribution in [0, 0.1) is 0 Å². The van der Waals surface area contributed by atoms with Gasteiger partial charge < -0.3 is 15.0 Å². The first-order chi connectivity index (χ1) is 8.62. The van der Waals surface area contributed by atoms with Crippen LogP contribution >= 0.6 is 11.8 Å². The first kappa shape index (κ1) is 15.0. The second-order valence-corrected chi connectivity index (χ2v) is 5.33. The first-order valence-electron chi connectivity index (χ1n) is 6.08. The lowest BCUT2D eigenvalue weighted by atomic mass is 9.99. The Kier molecular flexibility index (Phi) is 6.21. The van der Waals surface area contributed by atoms with E-state index in [-0.39, 0.29) is 5.97 Å². The van der Waals surface area contributed by atoms with Gasteiger partial charge in [-0.3, -0.25) is 4.79 Å². The molecule has 6 heteroatoms. The molecule has 0 saturated heterocycles. The molecule has 0 bridgehead atoms. The molecule has 0 spiro atoms. The lowest BCUT2D eigenvalue weighted by molar-refractivity contribution is -0.148. The van der Waals surface area contributed by atoms with E-state index in [2.05, 4.69) is 22.2 Å². The molecule has 18 heavy (non-hydrogen) atoms. The maximum absolute atomic E-state index is 11.8. The highest BCUT2D eigenvalue weighted by atomic mass is 32.2. The number of methoxy groups -OCH3 is 1. The van der Waals surface area contributed by atoms with Crippen LogP contribution in [0.3, 0.4) is 0 Å². The minimum Gasteiger partial charge on any atom is -0.468 e. The topological polar surface area (TPSA) is 67.0 Å². The molecule has 2 N–H and O–H groups in total. The third-order valence-electron chi connectivity index (χ3n) is 2.72. The van der Waals surface area contributed by atoms with Gasteiger partial charge in [-0.05, 0) is 26.3 Å². The predicted molar refractivity (Wildman–Crippen MR) is 72.6 cm³/mol. The molecule has 1 rings (SSSR count). The molecule has 1 heterocycles. The number of aromatic amines is 1. The quantitative estimate of drug-likeness (QED) is 0.557. The highest BCUT2D eigenvalue weighted by molar-refractivity contribution is 7.99. The van der Waals surface area contributed by atoms with Crippen LogP contribution in [0.2, 0.25) is 0 Å². The Balaban J connectivity index is 2.47. The SMILES string of the molecule is CCCNC(C)(CCSc1ncc[nH]1)C(=O)OC. The molecule has 1 unspecified atom stereocenters. The number of H-pyrrole nitrogens is 1. The molecule has 5 nitrogen and oxygen atoms in total. The zero-order valence-corrected chi connectivity index (χ0v) is 12.0. The van der Waals surface area contributed by atoms with Crippen molar-refractivity contribution in [1.29, 1.82) is 0 Å². The zero-order chi connectivity index (χ0) is 13.4. The van der Waals surface area contributed by atoms with E-state index in [1.165, 1.54) is 7.11 Å². The van der Waals surface area contributed by atoms with Gasteiger partial charge in [0.15, 0.2) is 5.16 Å². The summed E-state index contributed by atoms with van der Waals surface area (Å²) in [6, 6.07) is 0. The molecule has 0 fully saturated rings. The van der Waals surface area contributed by atoms with Crippen LogP contribution in [-0.2, 0) is 9.53 Å². The maximum atomic E-state index is 11.8. The van der Waals surface area contributed by atoms with Gasteiger partial charge in [0.05, 0.1) is 7.11 Å². The van der Waals surface area contributed by atoms with Crippen LogP contribution in [-0.4, -0.2) is 40.9 Å². The van der Waals surface area contributed by atoms with Crippen LogP contribution in [0.5, 0.6) is 0 Å². The van der Waals surface area contributed by atoms with E-state index in [0.717, 1.165) is 23.9 Å². The highest BCUT2D eigenvalue weighted by Gasteiger charge is 2.33. The largest absolute Gasteiger partial charge is 0.468 e. The smallest absolute Gasteiger partial charge is 0.325 e. The zero-order valence-electron chi connectivity index (χ0n) is 11.2. The Morgan fingerprint density at radius 1 is 1.67 bits per heavy atom. The van der Waals surface area contributed by atoms with Crippen molar-refractivity contribution in [3.63, 3.8) is 0 Å². The summed E-state index contributed by atoms with van der Waals surface area (Å²) < 4.78 is 4.87. The number of carbonyl (C=O) groups is 1. The molecule has 0 aromatic carbocycles. The summed E-state index contributed by atoms with van der Waals surface area (Å²) in [5, 5.41) is 4.13. The number of hydrogen-bond donors (Lipinski definition) is 2. The molecule has 0 aliphatic carbocycles. The normalized spacial score (nSPS) is 14.2. The van der Waals surface area contributed by atoms with E-state index >= 15 is 0 Å². The number of nitrogens with one attached hydrogen (secondary N) is 2. The molecule has 0 saturated carbocycles. The van der Waals surface area contributed by atoms with Gasteiger partial charge >= 0.3 is 5.97 Å². The monoisotopic (exact) mass is 271 g/mol. The number of carbonyl (C=O) groups excluding carboxylic acids is 1. The van der Waals surface area contributed by atoms with Crippen LogP contribution in [0.1, 0.15) is 26.7 Å². The second kappa shape index (κ2) is 7.43. The van der Waals surface area contributed by atoms with Gasteiger partial charge in [-0.2, -0.15) is 0 Å². The number of hydrogen-bond acceptors (Lipinski definition) is 5. The summed E-state index contributed by atoms with van der Waals surface area (Å²) >= 11 is 1.60. The standard InChI is InChI=1S/C12H21N3O2S/c1-4-6-15-12(2,10(16)17-3)5-9-18-11-13-7-8-14-11/h7-8,15H,4-6,9H2,1-3H3,(H,13,14). The summed E-state index contributed by atoms with van der Waals surface area (Å²) in [6.45, 7) is 4.76. The summed E-state index contributed by atoms with van der Waals surface area (Å²) in [7, 11) is 1.42. The minimum absolute atomic E-state index is 0.212. The van der Waals surface area contributed by atoms with E-state index in [1.807, 2.05) is 6.92 Å². The van der Waals surface area contributed by atoms with Crippen molar-refractivity contribution in [2.45, 2.75) is 37.4 Å². The number of rotatable bonds is 8. The fraction of sp³-hybridized carbons (Fsp3) is 0.667. The fourth-order valence-electron chi connectivity index (χ4n) is 1.57. The molecule has 1 atom stereocenters. The third-order valence-corrected chi connectivity index (χ3v) is 3.62. The molecule has 1 aromatic heterocycles. The van der Waals surface area contributed by atoms with Gasteiger partial charge in [0.1, 0.15) is 5.54 Å². The van der Waals surface area contributed by atoms with Crippen molar-refractivity contribution in [2.75, 3.05) is 19.4 Å². The van der Waals surface area contributed by atoms with Gasteiger partial charge in [0.25, 0.3) is 0 Å². The van der Waals surface area contributed by atoms with Crippen LogP contribution in [0.15, 0.2) is 17.6 Å². The van der Waals surface area contributed by atoms with E-state index in [1.54, 1.807) is 24.2 Å². The first-order valence-corrected chi connectivity index (χ1v) is 7.06. The summed E-state index contributed by atoms with van der Waals surface area (Å²) in [5.74, 6) is 0.589. The van der Waals surface area contributed by atoms with Crippen molar-refractivity contribution in [1.82, 2.24) is 15.3 Å². The molecule has 1 aromatic rings. The Hall–Kier alpha value is -1.01. The summed E-state index contributed by atoms with van der Waals surface area (Å²) in [5.41, 5.74) is -0.621. The van der Waals surface area contributed by atoms with Crippen molar-refractivity contribution >= 4 is 17.7 Å². The minimum atomic E-state index is -0.621. The summed E-state index contributed by atoms with van der Waals surface area (Å²) in [4.78, 5) is 19.0. The average Bonchev–Trinajstić information content (AvgIpc) is 2.88. The van der Waals surface area contributed by atoms with Gasteiger partial charge in [0, 0.05) is 18.1 Å². The molecule has 0 aliphatic rings. The van der Waals surface area contributed by atoms with Crippen molar-refractivity contribution in [3.05, 3.63) is 12.4 Å². The predicted octanol–water partition coefficient (Wildman–Crippen LogP) is 1.82. The fourth-order valence-corrected chi connectivity index (χ4v) is 2.56. The van der Waals surface area contributed by atoms with Crippen LogP contribution in [0.4, 0.5) is 0 Å². The molecular weight excluding hydrogens is 250 g/mol. The van der Waals surface area contributed by atoms with E-state index in [9.17, 15) is 4.79 Å². The van der Waals surface area contributed by atoms with Gasteiger partial charge in [-0.15, -0.1) is 0 Å². The number of imidazole rings is 1. The van der Waals surface area contributed by atoms with E-state index < -0.39 is 5.54 Å². The maximum Gasteiger partial charge on any atom is 0.325 e. The number of aromatic nitrogens is 2. The van der Waals surface area contributed by atoms with Gasteiger partial charge in [-0.1, -0.05) is 18.7 Å². The van der Waals surface area contributed by atoms with Crippen molar-refractivity contribution in [3.8, 4) is 0 Å². The second-order valence-electron chi connectivity index (χ2n) is 4.24.